The van der Waals surface area contributed by atoms with Crippen molar-refractivity contribution < 1.29 is 4.74 Å². The molecular weight excluding hydrogens is 194 g/mol. The first kappa shape index (κ1) is 10.4. The highest BCUT2D eigenvalue weighted by molar-refractivity contribution is 9.09. The molecule has 0 amide bonds. The second-order valence-electron chi connectivity index (χ2n) is 2.41. The minimum atomic E-state index is 0.563. The van der Waals surface area contributed by atoms with Crippen molar-refractivity contribution in [2.75, 3.05) is 25.1 Å². The van der Waals surface area contributed by atoms with Gasteiger partial charge in [-0.1, -0.05) is 29.8 Å². The number of rotatable bonds is 6. The van der Waals surface area contributed by atoms with Crippen molar-refractivity contribution >= 4 is 15.9 Å². The third kappa shape index (κ3) is 8.40. The maximum atomic E-state index is 5.22. The van der Waals surface area contributed by atoms with E-state index < -0.39 is 0 Å². The lowest BCUT2D eigenvalue weighted by atomic mass is 10.4. The molecule has 62 valence electrons. The van der Waals surface area contributed by atoms with Gasteiger partial charge in [0.2, 0.25) is 0 Å². The summed E-state index contributed by atoms with van der Waals surface area (Å²) in [6.07, 6.45) is 0. The smallest absolute Gasteiger partial charge is 0.0591 e. The van der Waals surface area contributed by atoms with Gasteiger partial charge in [-0.05, 0) is 0 Å². The van der Waals surface area contributed by atoms with Crippen molar-refractivity contribution in [2.24, 2.45) is 0 Å². The standard InChI is InChI=1S/C7H16BrNO/c1-7(2)9-4-6-10-5-3-8/h7,9H,3-6H2,1-2H3. The molecule has 0 rings (SSSR count). The maximum absolute atomic E-state index is 5.22. The number of nitrogens with one attached hydrogen (secondary N) is 1. The average molecular weight is 210 g/mol. The Labute approximate surface area is 71.5 Å². The molecule has 0 aromatic heterocycles. The first-order chi connectivity index (χ1) is 4.77. The average Bonchev–Trinajstić information content (AvgIpc) is 1.87. The lowest BCUT2D eigenvalue weighted by molar-refractivity contribution is 0.151. The van der Waals surface area contributed by atoms with Gasteiger partial charge < -0.3 is 10.1 Å². The SMILES string of the molecule is CC(C)NCCOCCBr. The molecule has 0 heterocycles. The second-order valence-corrected chi connectivity index (χ2v) is 3.20. The fourth-order valence-corrected chi connectivity index (χ4v) is 0.805. The molecule has 0 aromatic carbocycles. The molecule has 0 spiro atoms. The molecule has 0 aliphatic heterocycles. The van der Waals surface area contributed by atoms with Gasteiger partial charge >= 0.3 is 0 Å². The molecule has 0 radical (unpaired) electrons. The van der Waals surface area contributed by atoms with Gasteiger partial charge in [0.15, 0.2) is 0 Å². The van der Waals surface area contributed by atoms with Crippen LogP contribution in [0.25, 0.3) is 0 Å². The first-order valence-corrected chi connectivity index (χ1v) is 4.76. The largest absolute Gasteiger partial charge is 0.379 e. The molecule has 0 aliphatic rings. The maximum Gasteiger partial charge on any atom is 0.0591 e. The lowest BCUT2D eigenvalue weighted by Crippen LogP contribution is -2.26. The highest BCUT2D eigenvalue weighted by atomic mass is 79.9. The summed E-state index contributed by atoms with van der Waals surface area (Å²) in [7, 11) is 0. The number of hydrogen-bond acceptors (Lipinski definition) is 2. The van der Waals surface area contributed by atoms with Crippen LogP contribution in [-0.2, 0) is 4.74 Å². The Morgan fingerprint density at radius 1 is 1.40 bits per heavy atom. The zero-order valence-corrected chi connectivity index (χ0v) is 8.28. The van der Waals surface area contributed by atoms with Crippen molar-refractivity contribution in [1.29, 1.82) is 0 Å². The molecule has 0 saturated carbocycles. The Morgan fingerprint density at radius 3 is 2.60 bits per heavy atom. The Balaban J connectivity index is 2.77. The number of alkyl halides is 1. The predicted octanol–water partition coefficient (Wildman–Crippen LogP) is 1.40. The highest BCUT2D eigenvalue weighted by Gasteiger charge is 1.90. The third-order valence-electron chi connectivity index (χ3n) is 1.02. The quantitative estimate of drug-likeness (QED) is 0.528. The van der Waals surface area contributed by atoms with E-state index in [0.29, 0.717) is 6.04 Å². The van der Waals surface area contributed by atoms with Crippen LogP contribution in [0, 0.1) is 0 Å². The summed E-state index contributed by atoms with van der Waals surface area (Å²) in [4.78, 5) is 0. The molecule has 0 saturated heterocycles. The van der Waals surface area contributed by atoms with Gasteiger partial charge in [0, 0.05) is 17.9 Å². The van der Waals surface area contributed by atoms with Crippen LogP contribution in [0.1, 0.15) is 13.8 Å². The van der Waals surface area contributed by atoms with E-state index >= 15 is 0 Å². The lowest BCUT2D eigenvalue weighted by Gasteiger charge is -2.07. The van der Waals surface area contributed by atoms with Crippen LogP contribution in [-0.4, -0.2) is 31.1 Å². The number of hydrogen-bond donors (Lipinski definition) is 1. The van der Waals surface area contributed by atoms with Crippen LogP contribution < -0.4 is 5.32 Å². The predicted molar refractivity (Wildman–Crippen MR) is 47.8 cm³/mol. The highest BCUT2D eigenvalue weighted by Crippen LogP contribution is 1.81. The third-order valence-corrected chi connectivity index (χ3v) is 1.34. The molecule has 0 fully saturated rings. The van der Waals surface area contributed by atoms with Crippen LogP contribution in [0.3, 0.4) is 0 Å². The summed E-state index contributed by atoms with van der Waals surface area (Å²) in [5, 5.41) is 4.19. The van der Waals surface area contributed by atoms with Gasteiger partial charge in [-0.15, -0.1) is 0 Å². The minimum absolute atomic E-state index is 0.563. The fourth-order valence-electron chi connectivity index (χ4n) is 0.576. The van der Waals surface area contributed by atoms with Crippen molar-refractivity contribution in [1.82, 2.24) is 5.32 Å². The Hall–Kier alpha value is 0.400. The van der Waals surface area contributed by atoms with Crippen molar-refractivity contribution in [3.05, 3.63) is 0 Å². The zero-order valence-electron chi connectivity index (χ0n) is 6.69. The normalized spacial score (nSPS) is 10.8. The molecular formula is C7H16BrNO. The molecule has 3 heteroatoms. The van der Waals surface area contributed by atoms with Crippen LogP contribution in [0.15, 0.2) is 0 Å². The Bertz CT molecular complexity index is 68.6. The summed E-state index contributed by atoms with van der Waals surface area (Å²) in [6, 6.07) is 0.563. The van der Waals surface area contributed by atoms with Gasteiger partial charge in [0.1, 0.15) is 0 Å². The van der Waals surface area contributed by atoms with Gasteiger partial charge in [0.05, 0.1) is 13.2 Å². The summed E-state index contributed by atoms with van der Waals surface area (Å²) >= 11 is 3.28. The summed E-state index contributed by atoms with van der Waals surface area (Å²) in [6.45, 7) is 6.82. The van der Waals surface area contributed by atoms with Crippen molar-refractivity contribution in [3.63, 3.8) is 0 Å². The second kappa shape index (κ2) is 7.51. The molecule has 2 nitrogen and oxygen atoms in total. The number of ether oxygens (including phenoxy) is 1. The van der Waals surface area contributed by atoms with E-state index in [1.165, 1.54) is 0 Å². The minimum Gasteiger partial charge on any atom is -0.379 e. The number of halogens is 1. The Morgan fingerprint density at radius 2 is 2.10 bits per heavy atom. The van der Waals surface area contributed by atoms with E-state index in [0.717, 1.165) is 25.1 Å². The van der Waals surface area contributed by atoms with E-state index in [1.807, 2.05) is 0 Å². The molecule has 1 N–H and O–H groups in total. The van der Waals surface area contributed by atoms with Crippen molar-refractivity contribution in [2.45, 2.75) is 19.9 Å². The van der Waals surface area contributed by atoms with E-state index in [1.54, 1.807) is 0 Å². The van der Waals surface area contributed by atoms with E-state index in [-0.39, 0.29) is 0 Å². The van der Waals surface area contributed by atoms with E-state index in [4.69, 9.17) is 4.74 Å². The van der Waals surface area contributed by atoms with Gasteiger partial charge in [-0.2, -0.15) is 0 Å². The topological polar surface area (TPSA) is 21.3 Å². The zero-order chi connectivity index (χ0) is 7.82. The summed E-state index contributed by atoms with van der Waals surface area (Å²) < 4.78 is 5.22. The fraction of sp³-hybridized carbons (Fsp3) is 1.00. The Kier molecular flexibility index (Phi) is 7.81. The van der Waals surface area contributed by atoms with Gasteiger partial charge in [-0.3, -0.25) is 0 Å². The molecule has 0 bridgehead atoms. The van der Waals surface area contributed by atoms with Crippen molar-refractivity contribution in [3.8, 4) is 0 Å². The monoisotopic (exact) mass is 209 g/mol. The summed E-state index contributed by atoms with van der Waals surface area (Å²) in [5.41, 5.74) is 0. The van der Waals surface area contributed by atoms with Crippen LogP contribution >= 0.6 is 15.9 Å². The molecule has 10 heavy (non-hydrogen) atoms. The molecule has 0 unspecified atom stereocenters. The van der Waals surface area contributed by atoms with E-state index in [2.05, 4.69) is 35.1 Å². The van der Waals surface area contributed by atoms with Crippen LogP contribution in [0.2, 0.25) is 0 Å². The van der Waals surface area contributed by atoms with Gasteiger partial charge in [-0.25, -0.2) is 0 Å². The first-order valence-electron chi connectivity index (χ1n) is 3.64. The van der Waals surface area contributed by atoms with Crippen LogP contribution in [0.4, 0.5) is 0 Å². The molecule has 0 atom stereocenters. The summed E-state index contributed by atoms with van der Waals surface area (Å²) in [5.74, 6) is 0. The van der Waals surface area contributed by atoms with E-state index in [9.17, 15) is 0 Å². The molecule has 0 aromatic rings. The van der Waals surface area contributed by atoms with Crippen LogP contribution in [0.5, 0.6) is 0 Å². The molecule has 0 aliphatic carbocycles. The van der Waals surface area contributed by atoms with Gasteiger partial charge in [0.25, 0.3) is 0 Å².